The number of nitrogens with zero attached hydrogens (tertiary/aromatic N) is 2. The zero-order chi connectivity index (χ0) is 26.8. The molecule has 2 atom stereocenters. The van der Waals surface area contributed by atoms with Gasteiger partial charge in [0.1, 0.15) is 11.4 Å². The Bertz CT molecular complexity index is 1430. The smallest absolute Gasteiger partial charge is 0.323 e. The van der Waals surface area contributed by atoms with Crippen LogP contribution in [0.3, 0.4) is 0 Å². The fraction of sp³-hybridized carbons (Fsp3) is 0.286. The maximum absolute atomic E-state index is 13.2. The van der Waals surface area contributed by atoms with Crippen molar-refractivity contribution in [2.45, 2.75) is 25.8 Å². The van der Waals surface area contributed by atoms with E-state index in [9.17, 15) is 19.2 Å². The van der Waals surface area contributed by atoms with Crippen LogP contribution < -0.4 is 26.2 Å². The van der Waals surface area contributed by atoms with Gasteiger partial charge in [-0.25, -0.2) is 9.59 Å². The van der Waals surface area contributed by atoms with E-state index in [2.05, 4.69) is 16.0 Å². The second-order valence-electron chi connectivity index (χ2n) is 9.66. The summed E-state index contributed by atoms with van der Waals surface area (Å²) in [6, 6.07) is 16.4. The number of hydrogen-bond acceptors (Lipinski definition) is 5. The molecule has 10 heteroatoms. The van der Waals surface area contributed by atoms with Crippen molar-refractivity contribution in [2.75, 3.05) is 36.1 Å². The molecular weight excluding hydrogens is 486 g/mol. The first-order valence-electron chi connectivity index (χ1n) is 12.4. The van der Waals surface area contributed by atoms with Crippen LogP contribution in [0.25, 0.3) is 0 Å². The number of aromatic nitrogens is 1. The van der Waals surface area contributed by atoms with Gasteiger partial charge in [0.15, 0.2) is 5.78 Å². The topological polar surface area (TPSA) is 122 Å². The highest BCUT2D eigenvalue weighted by molar-refractivity contribution is 6.00. The van der Waals surface area contributed by atoms with Crippen molar-refractivity contribution < 1.29 is 19.1 Å². The zero-order valence-corrected chi connectivity index (χ0v) is 21.2. The van der Waals surface area contributed by atoms with Crippen molar-refractivity contribution in [3.05, 3.63) is 82.3 Å². The number of nitrogens with one attached hydrogen (secondary N) is 3. The average molecular weight is 516 g/mol. The Morgan fingerprint density at radius 1 is 0.842 bits per heavy atom. The first-order chi connectivity index (χ1) is 18.3. The lowest BCUT2D eigenvalue weighted by molar-refractivity contribution is 0.101. The first kappa shape index (κ1) is 25.1. The molecule has 3 heterocycles. The molecule has 3 aromatic rings. The number of benzene rings is 2. The van der Waals surface area contributed by atoms with Crippen LogP contribution in [0.2, 0.25) is 0 Å². The normalized spacial score (nSPS) is 17.7. The Hall–Kier alpha value is -4.60. The number of Topliss-reactive ketones (excluding diaryl/α,β-unsaturated/α-hetero) is 1. The SMILES string of the molecule is COc1ccc(NC(=O)N2C[C@H]3C[C@H](C2)c2ccc(NC(=O)Nc4ccc(C(C)=O)cc4)c(=O)n2C3)cc1. The number of fused-ring (bicyclic) bond motifs is 4. The molecule has 2 aliphatic heterocycles. The van der Waals surface area contributed by atoms with Crippen LogP contribution in [0, 0.1) is 5.92 Å². The van der Waals surface area contributed by atoms with Crippen LogP contribution in [0.15, 0.2) is 65.5 Å². The Labute approximate surface area is 219 Å². The summed E-state index contributed by atoms with van der Waals surface area (Å²) in [5.74, 6) is 0.810. The van der Waals surface area contributed by atoms with Crippen molar-refractivity contribution in [1.82, 2.24) is 9.47 Å². The number of carbonyl (C=O) groups excluding carboxylic acids is 3. The van der Waals surface area contributed by atoms with Gasteiger partial charge in [-0.2, -0.15) is 0 Å². The minimum absolute atomic E-state index is 0.0273. The number of urea groups is 2. The number of rotatable bonds is 5. The minimum Gasteiger partial charge on any atom is -0.497 e. The monoisotopic (exact) mass is 515 g/mol. The number of ketones is 1. The number of likely N-dealkylation sites (tertiary alicyclic amines) is 1. The predicted octanol–water partition coefficient (Wildman–Crippen LogP) is 4.35. The molecule has 0 radical (unpaired) electrons. The lowest BCUT2D eigenvalue weighted by atomic mass is 9.83. The standard InChI is InChI=1S/C28H29N5O5/c1-17(34)19-3-5-21(6-4-19)29-27(36)31-24-11-12-25-20-13-18(15-33(25)26(24)35)14-32(16-20)28(37)30-22-7-9-23(38-2)10-8-22/h3-12,18,20H,13-16H2,1-2H3,(H,30,37)(H2,29,31,36)/t18-,20-/m1/s1. The lowest BCUT2D eigenvalue weighted by Crippen LogP contribution is -2.50. The van der Waals surface area contributed by atoms with E-state index in [1.165, 1.54) is 6.92 Å². The van der Waals surface area contributed by atoms with Gasteiger partial charge >= 0.3 is 12.1 Å². The van der Waals surface area contributed by atoms with Gasteiger partial charge in [-0.3, -0.25) is 9.59 Å². The Morgan fingerprint density at radius 2 is 1.53 bits per heavy atom. The molecule has 0 aliphatic carbocycles. The van der Waals surface area contributed by atoms with E-state index in [-0.39, 0.29) is 34.9 Å². The Kier molecular flexibility index (Phi) is 6.87. The summed E-state index contributed by atoms with van der Waals surface area (Å²) in [5.41, 5.74) is 2.52. The van der Waals surface area contributed by atoms with Gasteiger partial charge in [-0.1, -0.05) is 0 Å². The molecule has 0 saturated carbocycles. The van der Waals surface area contributed by atoms with Crippen LogP contribution in [0.4, 0.5) is 26.7 Å². The van der Waals surface area contributed by atoms with E-state index < -0.39 is 6.03 Å². The number of anilines is 3. The van der Waals surface area contributed by atoms with E-state index in [0.717, 1.165) is 12.1 Å². The third-order valence-corrected chi connectivity index (χ3v) is 7.03. The highest BCUT2D eigenvalue weighted by Crippen LogP contribution is 2.35. The Morgan fingerprint density at radius 3 is 2.21 bits per heavy atom. The van der Waals surface area contributed by atoms with Crippen LogP contribution in [-0.4, -0.2) is 47.5 Å². The fourth-order valence-electron chi connectivity index (χ4n) is 5.16. The molecule has 1 fully saturated rings. The second-order valence-corrected chi connectivity index (χ2v) is 9.66. The average Bonchev–Trinajstić information content (AvgIpc) is 2.91. The van der Waals surface area contributed by atoms with E-state index in [1.807, 2.05) is 6.07 Å². The van der Waals surface area contributed by atoms with Gasteiger partial charge in [-0.15, -0.1) is 0 Å². The molecule has 3 N–H and O–H groups in total. The molecule has 0 unspecified atom stereocenters. The molecule has 2 aliphatic rings. The van der Waals surface area contributed by atoms with E-state index in [1.54, 1.807) is 71.2 Å². The molecule has 4 amide bonds. The highest BCUT2D eigenvalue weighted by Gasteiger charge is 2.36. The first-order valence-corrected chi connectivity index (χ1v) is 12.4. The van der Waals surface area contributed by atoms with Crippen LogP contribution in [-0.2, 0) is 6.54 Å². The summed E-state index contributed by atoms with van der Waals surface area (Å²) >= 11 is 0. The van der Waals surface area contributed by atoms with Gasteiger partial charge in [0.05, 0.1) is 7.11 Å². The Balaban J connectivity index is 1.25. The van der Waals surface area contributed by atoms with Gasteiger partial charge in [0, 0.05) is 48.2 Å². The predicted molar refractivity (Wildman–Crippen MR) is 144 cm³/mol. The van der Waals surface area contributed by atoms with Crippen LogP contribution >= 0.6 is 0 Å². The lowest BCUT2D eigenvalue weighted by Gasteiger charge is -2.42. The van der Waals surface area contributed by atoms with E-state index >= 15 is 0 Å². The molecule has 38 heavy (non-hydrogen) atoms. The number of hydrogen-bond donors (Lipinski definition) is 3. The van der Waals surface area contributed by atoms with Crippen LogP contribution in [0.5, 0.6) is 5.75 Å². The largest absolute Gasteiger partial charge is 0.497 e. The maximum atomic E-state index is 13.2. The quantitative estimate of drug-likeness (QED) is 0.436. The van der Waals surface area contributed by atoms with Gasteiger partial charge in [0.25, 0.3) is 5.56 Å². The van der Waals surface area contributed by atoms with Gasteiger partial charge in [0.2, 0.25) is 0 Å². The second kappa shape index (κ2) is 10.4. The fourth-order valence-corrected chi connectivity index (χ4v) is 5.16. The molecule has 2 bridgehead atoms. The van der Waals surface area contributed by atoms with Crippen LogP contribution in [0.1, 0.15) is 35.3 Å². The zero-order valence-electron chi connectivity index (χ0n) is 21.2. The molecule has 196 valence electrons. The highest BCUT2D eigenvalue weighted by atomic mass is 16.5. The number of methoxy groups -OCH3 is 1. The number of amides is 4. The van der Waals surface area contributed by atoms with Crippen molar-refractivity contribution in [2.24, 2.45) is 5.92 Å². The third-order valence-electron chi connectivity index (χ3n) is 7.03. The van der Waals surface area contributed by atoms with Gasteiger partial charge in [-0.05, 0) is 79.9 Å². The molecule has 1 aromatic heterocycles. The minimum atomic E-state index is -0.546. The molecule has 0 spiro atoms. The maximum Gasteiger partial charge on any atom is 0.323 e. The summed E-state index contributed by atoms with van der Waals surface area (Å²) in [6.45, 7) is 2.99. The van der Waals surface area contributed by atoms with Crippen molar-refractivity contribution >= 4 is 34.9 Å². The molecule has 10 nitrogen and oxygen atoms in total. The van der Waals surface area contributed by atoms with E-state index in [4.69, 9.17) is 4.74 Å². The van der Waals surface area contributed by atoms with Crippen molar-refractivity contribution in [3.63, 3.8) is 0 Å². The molecule has 2 aromatic carbocycles. The number of carbonyl (C=O) groups is 3. The molecule has 1 saturated heterocycles. The van der Waals surface area contributed by atoms with Crippen molar-refractivity contribution in [1.29, 1.82) is 0 Å². The number of pyridine rings is 1. The third kappa shape index (κ3) is 5.24. The van der Waals surface area contributed by atoms with E-state index in [0.29, 0.717) is 42.3 Å². The van der Waals surface area contributed by atoms with Crippen molar-refractivity contribution in [3.8, 4) is 5.75 Å². The molecular formula is C28H29N5O5. The van der Waals surface area contributed by atoms with Gasteiger partial charge < -0.3 is 30.2 Å². The summed E-state index contributed by atoms with van der Waals surface area (Å²) < 4.78 is 6.88. The summed E-state index contributed by atoms with van der Waals surface area (Å²) in [7, 11) is 1.59. The number of piperidine rings is 1. The number of ether oxygens (including phenoxy) is 1. The summed E-state index contributed by atoms with van der Waals surface area (Å²) in [4.78, 5) is 51.9. The summed E-state index contributed by atoms with van der Waals surface area (Å²) in [5, 5.41) is 8.26. The molecule has 5 rings (SSSR count). The summed E-state index contributed by atoms with van der Waals surface area (Å²) in [6.07, 6.45) is 0.898.